The van der Waals surface area contributed by atoms with Crippen LogP contribution >= 0.6 is 11.8 Å². The third kappa shape index (κ3) is 6.43. The third-order valence-corrected chi connectivity index (χ3v) is 3.13. The maximum Gasteiger partial charge on any atom is 0.0188 e. The summed E-state index contributed by atoms with van der Waals surface area (Å²) in [4.78, 5) is 0. The second kappa shape index (κ2) is 4.24. The van der Waals surface area contributed by atoms with Gasteiger partial charge in [0.2, 0.25) is 0 Å². The summed E-state index contributed by atoms with van der Waals surface area (Å²) in [6.07, 6.45) is 1.24. The molecule has 0 aromatic rings. The number of nitrogens with two attached hydrogens (primary N) is 1. The minimum absolute atomic E-state index is 0.00586. The molecule has 0 spiro atoms. The Bertz CT molecular complexity index is 85.7. The summed E-state index contributed by atoms with van der Waals surface area (Å²) in [7, 11) is 0. The first kappa shape index (κ1) is 10.3. The minimum atomic E-state index is -0.00586. The van der Waals surface area contributed by atoms with Crippen LogP contribution < -0.4 is 5.73 Å². The Hall–Kier alpha value is 0.310. The van der Waals surface area contributed by atoms with E-state index in [1.807, 2.05) is 11.8 Å². The molecule has 0 bridgehead atoms. The van der Waals surface area contributed by atoms with Crippen molar-refractivity contribution in [1.29, 1.82) is 0 Å². The van der Waals surface area contributed by atoms with E-state index in [0.717, 1.165) is 11.0 Å². The molecule has 2 heteroatoms. The van der Waals surface area contributed by atoms with E-state index in [1.165, 1.54) is 6.42 Å². The highest BCUT2D eigenvalue weighted by molar-refractivity contribution is 7.99. The largest absolute Gasteiger partial charge is 0.325 e. The van der Waals surface area contributed by atoms with Gasteiger partial charge in [-0.05, 0) is 20.3 Å². The smallest absolute Gasteiger partial charge is 0.0188 e. The molecule has 0 saturated carbocycles. The van der Waals surface area contributed by atoms with Gasteiger partial charge in [-0.15, -0.1) is 0 Å². The van der Waals surface area contributed by atoms with Crippen molar-refractivity contribution < 1.29 is 0 Å². The highest BCUT2D eigenvalue weighted by Crippen LogP contribution is 2.17. The molecule has 0 aromatic carbocycles. The van der Waals surface area contributed by atoms with E-state index >= 15 is 0 Å². The molecule has 0 saturated heterocycles. The molecule has 0 aromatic heterocycles. The van der Waals surface area contributed by atoms with Gasteiger partial charge in [-0.3, -0.25) is 0 Å². The molecule has 0 fully saturated rings. The Morgan fingerprint density at radius 3 is 2.30 bits per heavy atom. The molecule has 1 atom stereocenters. The zero-order valence-electron chi connectivity index (χ0n) is 7.48. The molecule has 0 aliphatic carbocycles. The predicted molar refractivity (Wildman–Crippen MR) is 50.5 cm³/mol. The lowest BCUT2D eigenvalue weighted by Crippen LogP contribution is -2.35. The van der Waals surface area contributed by atoms with E-state index < -0.39 is 0 Å². The van der Waals surface area contributed by atoms with E-state index in [4.69, 9.17) is 5.73 Å². The molecule has 2 N–H and O–H groups in total. The van der Waals surface area contributed by atoms with Crippen LogP contribution in [0, 0.1) is 0 Å². The monoisotopic (exact) mass is 161 g/mol. The summed E-state index contributed by atoms with van der Waals surface area (Å²) in [5.41, 5.74) is 5.81. The van der Waals surface area contributed by atoms with E-state index in [-0.39, 0.29) is 5.54 Å². The van der Waals surface area contributed by atoms with E-state index in [2.05, 4.69) is 27.7 Å². The van der Waals surface area contributed by atoms with Crippen molar-refractivity contribution in [2.75, 3.05) is 5.75 Å². The minimum Gasteiger partial charge on any atom is -0.325 e. The van der Waals surface area contributed by atoms with Crippen LogP contribution in [0.15, 0.2) is 0 Å². The molecule has 0 heterocycles. The fourth-order valence-electron chi connectivity index (χ4n) is 0.475. The van der Waals surface area contributed by atoms with Crippen molar-refractivity contribution in [2.45, 2.75) is 44.9 Å². The Morgan fingerprint density at radius 2 is 2.00 bits per heavy atom. The molecule has 1 unspecified atom stereocenters. The average molecular weight is 161 g/mol. The molecular weight excluding hydrogens is 142 g/mol. The Labute approximate surface area is 68.8 Å². The number of hydrogen-bond donors (Lipinski definition) is 1. The Morgan fingerprint density at radius 1 is 1.50 bits per heavy atom. The van der Waals surface area contributed by atoms with Gasteiger partial charge in [-0.2, -0.15) is 11.8 Å². The second-order valence-electron chi connectivity index (χ2n) is 3.52. The molecule has 0 aliphatic rings. The first-order chi connectivity index (χ1) is 4.45. The summed E-state index contributed by atoms with van der Waals surface area (Å²) in [5.74, 6) is 1.06. The SMILES string of the molecule is CCC(C)SCC(C)(C)N. The van der Waals surface area contributed by atoms with Gasteiger partial charge in [0.15, 0.2) is 0 Å². The fraction of sp³-hybridized carbons (Fsp3) is 1.00. The predicted octanol–water partition coefficient (Wildman–Crippen LogP) is 2.26. The van der Waals surface area contributed by atoms with Crippen molar-refractivity contribution in [1.82, 2.24) is 0 Å². The zero-order valence-corrected chi connectivity index (χ0v) is 8.29. The zero-order chi connectivity index (χ0) is 8.20. The van der Waals surface area contributed by atoms with Crippen LogP contribution in [0.3, 0.4) is 0 Å². The van der Waals surface area contributed by atoms with Gasteiger partial charge < -0.3 is 5.73 Å². The van der Waals surface area contributed by atoms with Crippen LogP contribution in [0.1, 0.15) is 34.1 Å². The second-order valence-corrected chi connectivity index (χ2v) is 4.95. The van der Waals surface area contributed by atoms with Crippen molar-refractivity contribution in [3.63, 3.8) is 0 Å². The molecule has 0 amide bonds. The lowest BCUT2D eigenvalue weighted by atomic mass is 10.1. The van der Waals surface area contributed by atoms with Crippen molar-refractivity contribution in [3.05, 3.63) is 0 Å². The molecule has 62 valence electrons. The number of thioether (sulfide) groups is 1. The quantitative estimate of drug-likeness (QED) is 0.684. The van der Waals surface area contributed by atoms with E-state index in [9.17, 15) is 0 Å². The third-order valence-electron chi connectivity index (χ3n) is 1.31. The van der Waals surface area contributed by atoms with Gasteiger partial charge in [-0.1, -0.05) is 13.8 Å². The summed E-state index contributed by atoms with van der Waals surface area (Å²) in [6.45, 7) is 8.60. The van der Waals surface area contributed by atoms with Gasteiger partial charge in [0.25, 0.3) is 0 Å². The first-order valence-electron chi connectivity index (χ1n) is 3.86. The van der Waals surface area contributed by atoms with Gasteiger partial charge in [0, 0.05) is 16.5 Å². The summed E-state index contributed by atoms with van der Waals surface area (Å²) < 4.78 is 0. The maximum atomic E-state index is 5.82. The summed E-state index contributed by atoms with van der Waals surface area (Å²) in [6, 6.07) is 0. The molecule has 0 radical (unpaired) electrons. The van der Waals surface area contributed by atoms with Gasteiger partial charge in [0.1, 0.15) is 0 Å². The normalized spacial score (nSPS) is 15.3. The summed E-state index contributed by atoms with van der Waals surface area (Å²) in [5, 5.41) is 0.753. The van der Waals surface area contributed by atoms with Crippen LogP contribution in [0.25, 0.3) is 0 Å². The van der Waals surface area contributed by atoms with Gasteiger partial charge in [0.05, 0.1) is 0 Å². The number of rotatable bonds is 4. The standard InChI is InChI=1S/C8H19NS/c1-5-7(2)10-6-8(3,4)9/h7H,5-6,9H2,1-4H3. The Kier molecular flexibility index (Phi) is 4.37. The summed E-state index contributed by atoms with van der Waals surface area (Å²) >= 11 is 1.96. The first-order valence-corrected chi connectivity index (χ1v) is 4.91. The average Bonchev–Trinajstić information content (AvgIpc) is 1.81. The van der Waals surface area contributed by atoms with Crippen LogP contribution in [-0.4, -0.2) is 16.5 Å². The van der Waals surface area contributed by atoms with E-state index in [0.29, 0.717) is 0 Å². The van der Waals surface area contributed by atoms with Crippen LogP contribution in [-0.2, 0) is 0 Å². The Balaban J connectivity index is 3.36. The highest BCUT2D eigenvalue weighted by Gasteiger charge is 2.11. The van der Waals surface area contributed by atoms with Crippen LogP contribution in [0.4, 0.5) is 0 Å². The van der Waals surface area contributed by atoms with Crippen molar-refractivity contribution >= 4 is 11.8 Å². The topological polar surface area (TPSA) is 26.0 Å². The van der Waals surface area contributed by atoms with Gasteiger partial charge in [-0.25, -0.2) is 0 Å². The highest BCUT2D eigenvalue weighted by atomic mass is 32.2. The lowest BCUT2D eigenvalue weighted by molar-refractivity contribution is 0.590. The van der Waals surface area contributed by atoms with Crippen LogP contribution in [0.2, 0.25) is 0 Å². The van der Waals surface area contributed by atoms with Crippen LogP contribution in [0.5, 0.6) is 0 Å². The van der Waals surface area contributed by atoms with E-state index in [1.54, 1.807) is 0 Å². The van der Waals surface area contributed by atoms with Crippen molar-refractivity contribution in [2.24, 2.45) is 5.73 Å². The maximum absolute atomic E-state index is 5.82. The molecule has 10 heavy (non-hydrogen) atoms. The van der Waals surface area contributed by atoms with Gasteiger partial charge >= 0.3 is 0 Å². The molecule has 1 nitrogen and oxygen atoms in total. The van der Waals surface area contributed by atoms with Crippen molar-refractivity contribution in [3.8, 4) is 0 Å². The fourth-order valence-corrected chi connectivity index (χ4v) is 1.42. The molecular formula is C8H19NS. The molecule has 0 aliphatic heterocycles. The lowest BCUT2D eigenvalue weighted by Gasteiger charge is -2.19. The molecule has 0 rings (SSSR count). The number of hydrogen-bond acceptors (Lipinski definition) is 2.